The van der Waals surface area contributed by atoms with Gasteiger partial charge in [0.1, 0.15) is 11.6 Å². The summed E-state index contributed by atoms with van der Waals surface area (Å²) in [4.78, 5) is 11.8. The first kappa shape index (κ1) is 17.0. The molecule has 5 nitrogen and oxygen atoms in total. The lowest BCUT2D eigenvalue weighted by molar-refractivity contribution is 0.243. The molecule has 26 heavy (non-hydrogen) atoms. The van der Waals surface area contributed by atoms with Crippen LogP contribution in [0.1, 0.15) is 36.0 Å². The molecule has 4 rings (SSSR count). The molecular formula is C21H26N4O. The first-order chi connectivity index (χ1) is 12.7. The Bertz CT molecular complexity index is 931. The summed E-state index contributed by atoms with van der Waals surface area (Å²) in [6, 6.07) is 6.30. The molecule has 0 aliphatic carbocycles. The van der Waals surface area contributed by atoms with E-state index in [-0.39, 0.29) is 0 Å². The molecule has 136 valence electrons. The summed E-state index contributed by atoms with van der Waals surface area (Å²) in [6.07, 6.45) is 7.33. The second-order valence-corrected chi connectivity index (χ2v) is 7.12. The second-order valence-electron chi connectivity index (χ2n) is 7.12. The van der Waals surface area contributed by atoms with E-state index in [1.165, 1.54) is 27.7 Å². The molecule has 1 aliphatic heterocycles. The molecule has 0 saturated carbocycles. The van der Waals surface area contributed by atoms with Crippen LogP contribution in [-0.2, 0) is 33.0 Å². The fourth-order valence-electron chi connectivity index (χ4n) is 3.84. The third-order valence-corrected chi connectivity index (χ3v) is 5.21. The van der Waals surface area contributed by atoms with E-state index in [0.717, 1.165) is 50.5 Å². The Morgan fingerprint density at radius 1 is 1.27 bits per heavy atom. The second kappa shape index (κ2) is 7.08. The Balaban J connectivity index is 1.56. The van der Waals surface area contributed by atoms with Crippen LogP contribution in [0.2, 0.25) is 0 Å². The fraction of sp³-hybridized carbons (Fsp3) is 0.429. The Hall–Kier alpha value is -2.40. The van der Waals surface area contributed by atoms with Crippen LogP contribution in [0.4, 0.5) is 0 Å². The molecule has 3 aromatic rings. The van der Waals surface area contributed by atoms with Crippen LogP contribution < -0.4 is 4.74 Å². The number of benzene rings is 1. The first-order valence-electron chi connectivity index (χ1n) is 9.36. The minimum Gasteiger partial charge on any atom is -0.497 e. The van der Waals surface area contributed by atoms with Gasteiger partial charge in [0.2, 0.25) is 0 Å². The van der Waals surface area contributed by atoms with Gasteiger partial charge in [0.25, 0.3) is 0 Å². The van der Waals surface area contributed by atoms with E-state index in [0.29, 0.717) is 0 Å². The molecule has 1 aromatic carbocycles. The van der Waals surface area contributed by atoms with Gasteiger partial charge >= 0.3 is 0 Å². The van der Waals surface area contributed by atoms with Crippen LogP contribution in [0.15, 0.2) is 30.6 Å². The maximum atomic E-state index is 5.41. The Labute approximate surface area is 154 Å². The van der Waals surface area contributed by atoms with Crippen molar-refractivity contribution in [1.29, 1.82) is 0 Å². The number of aromatic nitrogens is 3. The summed E-state index contributed by atoms with van der Waals surface area (Å²) in [6.45, 7) is 5.06. The maximum Gasteiger partial charge on any atom is 0.128 e. The van der Waals surface area contributed by atoms with Crippen LogP contribution >= 0.6 is 0 Å². The first-order valence-corrected chi connectivity index (χ1v) is 9.36. The highest BCUT2D eigenvalue weighted by Gasteiger charge is 2.20. The maximum absolute atomic E-state index is 5.41. The zero-order valence-corrected chi connectivity index (χ0v) is 15.8. The largest absolute Gasteiger partial charge is 0.497 e. The molecule has 0 fully saturated rings. The topological polar surface area (TPSA) is 43.2 Å². The molecule has 0 atom stereocenters. The number of fused-ring (bicyclic) bond motifs is 2. The van der Waals surface area contributed by atoms with Crippen molar-refractivity contribution in [2.24, 2.45) is 7.05 Å². The average molecular weight is 350 g/mol. The van der Waals surface area contributed by atoms with Crippen molar-refractivity contribution in [1.82, 2.24) is 19.4 Å². The lowest BCUT2D eigenvalue weighted by atomic mass is 10.1. The Kier molecular flexibility index (Phi) is 4.64. The summed E-state index contributed by atoms with van der Waals surface area (Å²) >= 11 is 0. The van der Waals surface area contributed by atoms with Gasteiger partial charge in [0, 0.05) is 74.1 Å². The molecular weight excluding hydrogens is 324 g/mol. The van der Waals surface area contributed by atoms with Gasteiger partial charge in [-0.3, -0.25) is 4.90 Å². The van der Waals surface area contributed by atoms with Gasteiger partial charge in [-0.1, -0.05) is 6.92 Å². The van der Waals surface area contributed by atoms with E-state index in [4.69, 9.17) is 9.72 Å². The summed E-state index contributed by atoms with van der Waals surface area (Å²) < 4.78 is 7.61. The normalized spacial score (nSPS) is 14.6. The number of hydrogen-bond acceptors (Lipinski definition) is 4. The third-order valence-electron chi connectivity index (χ3n) is 5.21. The summed E-state index contributed by atoms with van der Waals surface area (Å²) in [5, 5.41) is 1.27. The smallest absolute Gasteiger partial charge is 0.128 e. The van der Waals surface area contributed by atoms with Crippen molar-refractivity contribution in [2.45, 2.75) is 39.3 Å². The van der Waals surface area contributed by atoms with Crippen LogP contribution in [0.3, 0.4) is 0 Å². The quantitative estimate of drug-likeness (QED) is 0.706. The summed E-state index contributed by atoms with van der Waals surface area (Å²) in [5.74, 6) is 1.90. The minimum absolute atomic E-state index is 0.908. The van der Waals surface area contributed by atoms with E-state index in [9.17, 15) is 0 Å². The van der Waals surface area contributed by atoms with Crippen LogP contribution in [0, 0.1) is 0 Å². The Morgan fingerprint density at radius 3 is 2.96 bits per heavy atom. The van der Waals surface area contributed by atoms with Gasteiger partial charge in [-0.2, -0.15) is 0 Å². The van der Waals surface area contributed by atoms with Gasteiger partial charge in [-0.05, 0) is 30.2 Å². The van der Waals surface area contributed by atoms with E-state index in [1.54, 1.807) is 7.11 Å². The van der Waals surface area contributed by atoms with Crippen molar-refractivity contribution in [3.8, 4) is 5.75 Å². The molecule has 5 heteroatoms. The van der Waals surface area contributed by atoms with Crippen LogP contribution in [0.25, 0.3) is 10.9 Å². The zero-order valence-electron chi connectivity index (χ0n) is 15.8. The highest BCUT2D eigenvalue weighted by atomic mass is 16.5. The number of rotatable bonds is 5. The van der Waals surface area contributed by atoms with Crippen molar-refractivity contribution in [3.05, 3.63) is 53.2 Å². The van der Waals surface area contributed by atoms with E-state index < -0.39 is 0 Å². The lowest BCUT2D eigenvalue weighted by Crippen LogP contribution is -2.31. The monoisotopic (exact) mass is 350 g/mol. The average Bonchev–Trinajstić information content (AvgIpc) is 2.97. The molecule has 2 aromatic heterocycles. The van der Waals surface area contributed by atoms with Crippen molar-refractivity contribution >= 4 is 10.9 Å². The molecule has 1 aliphatic rings. The van der Waals surface area contributed by atoms with E-state index in [2.05, 4.69) is 46.8 Å². The number of nitrogens with zero attached hydrogens (tertiary/aromatic N) is 4. The lowest BCUT2D eigenvalue weighted by Gasteiger charge is -2.27. The van der Waals surface area contributed by atoms with Crippen molar-refractivity contribution < 1.29 is 4.74 Å². The number of hydrogen-bond donors (Lipinski definition) is 0. The number of methoxy groups -OCH3 is 1. The zero-order chi connectivity index (χ0) is 18.1. The Morgan fingerprint density at radius 2 is 2.15 bits per heavy atom. The molecule has 0 N–H and O–H groups in total. The van der Waals surface area contributed by atoms with E-state index >= 15 is 0 Å². The SMILES string of the molecule is CCCc1ncc2c(n1)CCN(Cc1cn(C)c3ccc(OC)cc13)C2. The predicted molar refractivity (Wildman–Crippen MR) is 103 cm³/mol. The third kappa shape index (κ3) is 3.19. The van der Waals surface area contributed by atoms with Gasteiger partial charge < -0.3 is 9.30 Å². The number of ether oxygens (including phenoxy) is 1. The molecule has 0 saturated heterocycles. The van der Waals surface area contributed by atoms with E-state index in [1.807, 2.05) is 12.3 Å². The van der Waals surface area contributed by atoms with Gasteiger partial charge in [0.05, 0.1) is 7.11 Å². The molecule has 0 spiro atoms. The van der Waals surface area contributed by atoms with Crippen molar-refractivity contribution in [2.75, 3.05) is 13.7 Å². The molecule has 0 amide bonds. The standard InChI is InChI=1S/C21H26N4O/c1-4-5-21-22-11-15-13-25(9-8-19(15)23-21)14-16-12-24(2)20-7-6-17(26-3)10-18(16)20/h6-7,10-12H,4-5,8-9,13-14H2,1-3H3. The predicted octanol–water partition coefficient (Wildman–Crippen LogP) is 3.49. The van der Waals surface area contributed by atoms with Gasteiger partial charge in [0.15, 0.2) is 0 Å². The molecule has 3 heterocycles. The molecule has 0 unspecified atom stereocenters. The van der Waals surface area contributed by atoms with Gasteiger partial charge in [-0.15, -0.1) is 0 Å². The highest BCUT2D eigenvalue weighted by Crippen LogP contribution is 2.28. The summed E-state index contributed by atoms with van der Waals surface area (Å²) in [5.41, 5.74) is 5.09. The molecule has 0 bridgehead atoms. The van der Waals surface area contributed by atoms with Crippen LogP contribution in [-0.4, -0.2) is 33.1 Å². The molecule has 0 radical (unpaired) electrons. The fourth-order valence-corrected chi connectivity index (χ4v) is 3.84. The minimum atomic E-state index is 0.908. The van der Waals surface area contributed by atoms with Crippen molar-refractivity contribution in [3.63, 3.8) is 0 Å². The number of aryl methyl sites for hydroxylation is 2. The summed E-state index contributed by atoms with van der Waals surface area (Å²) in [7, 11) is 3.82. The van der Waals surface area contributed by atoms with Gasteiger partial charge in [-0.25, -0.2) is 9.97 Å². The highest BCUT2D eigenvalue weighted by molar-refractivity contribution is 5.85. The van der Waals surface area contributed by atoms with Crippen LogP contribution in [0.5, 0.6) is 5.75 Å².